The number of carbonyl (C=O) groups excluding carboxylic acids is 1. The fraction of sp³-hybridized carbons (Fsp3) is 0.480. The highest BCUT2D eigenvalue weighted by atomic mass is 35.5. The van der Waals surface area contributed by atoms with Gasteiger partial charge in [0.25, 0.3) is 0 Å². The first kappa shape index (κ1) is 24.0. The number of amides is 1. The molecule has 3 aromatic rings. The van der Waals surface area contributed by atoms with Crippen molar-refractivity contribution < 1.29 is 14.3 Å². The Balaban J connectivity index is 1.37. The molecule has 2 aliphatic heterocycles. The molecule has 0 bridgehead atoms. The molecule has 0 radical (unpaired) electrons. The molecule has 0 saturated carbocycles. The van der Waals surface area contributed by atoms with Crippen LogP contribution in [-0.4, -0.2) is 75.8 Å². The molecule has 2 aromatic carbocycles. The van der Waals surface area contributed by atoms with Crippen LogP contribution in [0.2, 0.25) is 5.02 Å². The lowest BCUT2D eigenvalue weighted by atomic mass is 10.0. The summed E-state index contributed by atoms with van der Waals surface area (Å²) in [7, 11) is 0. The lowest BCUT2D eigenvalue weighted by Gasteiger charge is -2.43. The smallest absolute Gasteiger partial charge is 0.240 e. The molecule has 1 amide bonds. The molecule has 1 unspecified atom stereocenters. The topological polar surface area (TPSA) is 86.5 Å². The Bertz CT molecular complexity index is 1210. The number of aromatic nitrogens is 3. The molecule has 10 heteroatoms. The number of carbonyl (C=O) groups is 1. The third-order valence-corrected chi connectivity index (χ3v) is 7.42. The average molecular weight is 501 g/mol. The normalized spacial score (nSPS) is 21.9. The quantitative estimate of drug-likeness (QED) is 0.560. The molecule has 2 aliphatic rings. The number of rotatable bonds is 5. The van der Waals surface area contributed by atoms with Crippen LogP contribution in [0.5, 0.6) is 0 Å². The summed E-state index contributed by atoms with van der Waals surface area (Å²) in [4.78, 5) is 17.1. The maximum absolute atomic E-state index is 14.6. The molecular weight excluding hydrogens is 471 g/mol. The Labute approximate surface area is 208 Å². The first-order chi connectivity index (χ1) is 17.0. The fourth-order valence-corrected chi connectivity index (χ4v) is 5.34. The molecule has 3 heterocycles. The van der Waals surface area contributed by atoms with Gasteiger partial charge in [0.05, 0.1) is 30.2 Å². The van der Waals surface area contributed by atoms with Crippen LogP contribution in [-0.2, 0) is 4.79 Å². The summed E-state index contributed by atoms with van der Waals surface area (Å²) >= 11 is 5.92. The standard InChI is InChI=1S/C25H30ClFN6O2/c1-16(20-7-5-17(26)12-21(20)27)33-24-13-18(6-8-22(24)29-30-33)31-10-11-32(19(14-31)15-34)25(35)23-4-2-3-9-28-23/h5-8,12-13,16,19,23,28,34H,2-4,9-11,14-15H2,1H3/t16-,19?,23-/m1/s1. The molecular formula is C25H30ClFN6O2. The van der Waals surface area contributed by atoms with Crippen molar-refractivity contribution in [3.05, 3.63) is 52.8 Å². The van der Waals surface area contributed by atoms with Crippen molar-refractivity contribution >= 4 is 34.2 Å². The lowest BCUT2D eigenvalue weighted by molar-refractivity contribution is -0.137. The van der Waals surface area contributed by atoms with E-state index in [1.54, 1.807) is 16.8 Å². The summed E-state index contributed by atoms with van der Waals surface area (Å²) in [5, 5.41) is 22.3. The summed E-state index contributed by atoms with van der Waals surface area (Å²) in [6, 6.07) is 9.69. The fourth-order valence-electron chi connectivity index (χ4n) is 5.18. The Morgan fingerprint density at radius 2 is 2.11 bits per heavy atom. The van der Waals surface area contributed by atoms with Gasteiger partial charge >= 0.3 is 0 Å². The van der Waals surface area contributed by atoms with E-state index >= 15 is 0 Å². The SMILES string of the molecule is C[C@H](c1ccc(Cl)cc1F)n1nnc2ccc(N3CCN(C(=O)[C@H]4CCCCN4)C(CO)C3)cc21. The molecule has 35 heavy (non-hydrogen) atoms. The molecule has 5 rings (SSSR count). The zero-order chi connectivity index (χ0) is 24.5. The molecule has 2 N–H and O–H groups in total. The zero-order valence-corrected chi connectivity index (χ0v) is 20.5. The Morgan fingerprint density at radius 1 is 1.26 bits per heavy atom. The number of nitrogens with zero attached hydrogens (tertiary/aromatic N) is 5. The van der Waals surface area contributed by atoms with E-state index < -0.39 is 0 Å². The van der Waals surface area contributed by atoms with Gasteiger partial charge in [-0.05, 0) is 56.6 Å². The number of nitrogens with one attached hydrogen (secondary N) is 1. The Morgan fingerprint density at radius 3 is 2.86 bits per heavy atom. The van der Waals surface area contributed by atoms with Gasteiger partial charge in [-0.25, -0.2) is 9.07 Å². The van der Waals surface area contributed by atoms with Crippen molar-refractivity contribution in [2.24, 2.45) is 0 Å². The highest BCUT2D eigenvalue weighted by Gasteiger charge is 2.34. The predicted molar refractivity (Wildman–Crippen MR) is 133 cm³/mol. The van der Waals surface area contributed by atoms with Crippen LogP contribution >= 0.6 is 11.6 Å². The van der Waals surface area contributed by atoms with E-state index in [0.29, 0.717) is 35.7 Å². The predicted octanol–water partition coefficient (Wildman–Crippen LogP) is 2.98. The van der Waals surface area contributed by atoms with Crippen molar-refractivity contribution in [3.8, 4) is 0 Å². The molecule has 0 spiro atoms. The van der Waals surface area contributed by atoms with E-state index in [4.69, 9.17) is 11.6 Å². The highest BCUT2D eigenvalue weighted by molar-refractivity contribution is 6.30. The van der Waals surface area contributed by atoms with Gasteiger partial charge in [0, 0.05) is 35.9 Å². The van der Waals surface area contributed by atoms with Crippen molar-refractivity contribution in [1.29, 1.82) is 0 Å². The third kappa shape index (κ3) is 4.72. The number of aliphatic hydroxyl groups is 1. The third-order valence-electron chi connectivity index (χ3n) is 7.18. The number of anilines is 1. The van der Waals surface area contributed by atoms with E-state index in [1.807, 2.05) is 30.0 Å². The average Bonchev–Trinajstić information content (AvgIpc) is 3.31. The van der Waals surface area contributed by atoms with E-state index in [9.17, 15) is 14.3 Å². The lowest BCUT2D eigenvalue weighted by Crippen LogP contribution is -2.60. The first-order valence-electron chi connectivity index (χ1n) is 12.2. The number of fused-ring (bicyclic) bond motifs is 1. The van der Waals surface area contributed by atoms with Crippen molar-refractivity contribution in [3.63, 3.8) is 0 Å². The van der Waals surface area contributed by atoms with Crippen LogP contribution in [0.4, 0.5) is 10.1 Å². The van der Waals surface area contributed by atoms with Crippen LogP contribution < -0.4 is 10.2 Å². The van der Waals surface area contributed by atoms with Gasteiger partial charge in [-0.15, -0.1) is 5.10 Å². The molecule has 1 aromatic heterocycles. The Kier molecular flexibility index (Phi) is 6.91. The minimum atomic E-state index is -0.385. The van der Waals surface area contributed by atoms with E-state index in [0.717, 1.165) is 37.0 Å². The van der Waals surface area contributed by atoms with Crippen LogP contribution in [0, 0.1) is 5.82 Å². The summed E-state index contributed by atoms with van der Waals surface area (Å²) in [5.74, 6) is -0.302. The molecule has 8 nitrogen and oxygen atoms in total. The van der Waals surface area contributed by atoms with Crippen LogP contribution in [0.15, 0.2) is 36.4 Å². The summed E-state index contributed by atoms with van der Waals surface area (Å²) in [6.45, 7) is 4.37. The van der Waals surface area contributed by atoms with Gasteiger partial charge in [0.15, 0.2) is 0 Å². The van der Waals surface area contributed by atoms with Gasteiger partial charge < -0.3 is 20.2 Å². The Hall–Kier alpha value is -2.75. The van der Waals surface area contributed by atoms with Gasteiger partial charge in [-0.3, -0.25) is 4.79 Å². The van der Waals surface area contributed by atoms with Gasteiger partial charge in [-0.2, -0.15) is 0 Å². The largest absolute Gasteiger partial charge is 0.394 e. The number of hydrogen-bond acceptors (Lipinski definition) is 6. The van der Waals surface area contributed by atoms with Crippen molar-refractivity contribution in [2.75, 3.05) is 37.7 Å². The maximum atomic E-state index is 14.6. The number of piperazine rings is 1. The zero-order valence-electron chi connectivity index (χ0n) is 19.7. The maximum Gasteiger partial charge on any atom is 0.240 e. The number of benzene rings is 2. The molecule has 186 valence electrons. The van der Waals surface area contributed by atoms with E-state index in [1.165, 1.54) is 6.07 Å². The second-order valence-corrected chi connectivity index (χ2v) is 9.80. The molecule has 2 saturated heterocycles. The molecule has 3 atom stereocenters. The monoisotopic (exact) mass is 500 g/mol. The number of hydrogen-bond donors (Lipinski definition) is 2. The number of aliphatic hydroxyl groups excluding tert-OH is 1. The number of piperidine rings is 1. The van der Waals surface area contributed by atoms with Crippen LogP contribution in [0.25, 0.3) is 11.0 Å². The van der Waals surface area contributed by atoms with Crippen LogP contribution in [0.1, 0.15) is 37.8 Å². The van der Waals surface area contributed by atoms with Crippen molar-refractivity contribution in [2.45, 2.75) is 44.3 Å². The van der Waals surface area contributed by atoms with Gasteiger partial charge in [0.1, 0.15) is 11.3 Å². The minimum Gasteiger partial charge on any atom is -0.394 e. The second-order valence-electron chi connectivity index (χ2n) is 9.37. The van der Waals surface area contributed by atoms with Gasteiger partial charge in [0.2, 0.25) is 5.91 Å². The molecule has 0 aliphatic carbocycles. The van der Waals surface area contributed by atoms with Gasteiger partial charge in [-0.1, -0.05) is 29.3 Å². The second kappa shape index (κ2) is 10.1. The number of halogens is 2. The highest BCUT2D eigenvalue weighted by Crippen LogP contribution is 2.29. The van der Waals surface area contributed by atoms with Crippen LogP contribution in [0.3, 0.4) is 0 Å². The summed E-state index contributed by atoms with van der Waals surface area (Å²) < 4.78 is 16.3. The summed E-state index contributed by atoms with van der Waals surface area (Å²) in [5.41, 5.74) is 2.93. The minimum absolute atomic E-state index is 0.0833. The molecule has 2 fully saturated rings. The van der Waals surface area contributed by atoms with Crippen molar-refractivity contribution in [1.82, 2.24) is 25.2 Å². The van der Waals surface area contributed by atoms with E-state index in [2.05, 4.69) is 20.5 Å². The first-order valence-corrected chi connectivity index (χ1v) is 12.5. The summed E-state index contributed by atoms with van der Waals surface area (Å²) in [6.07, 6.45) is 2.99. The van der Waals surface area contributed by atoms with E-state index in [-0.39, 0.29) is 36.5 Å².